The Labute approximate surface area is 110 Å². The maximum atomic E-state index is 11.0. The summed E-state index contributed by atoms with van der Waals surface area (Å²) < 4.78 is 7.42. The van der Waals surface area contributed by atoms with Crippen LogP contribution in [0.25, 0.3) is 0 Å². The van der Waals surface area contributed by atoms with Crippen molar-refractivity contribution < 1.29 is 14.6 Å². The first-order valence-corrected chi connectivity index (χ1v) is 5.81. The fourth-order valence-electron chi connectivity index (χ4n) is 1.73. The molecular weight excluding hydrogens is 246 g/mol. The molecule has 0 aliphatic heterocycles. The van der Waals surface area contributed by atoms with Crippen molar-refractivity contribution in [3.63, 3.8) is 0 Å². The number of imidazole rings is 1. The first-order chi connectivity index (χ1) is 9.08. The number of hydrogen-bond acceptors (Lipinski definition) is 4. The highest BCUT2D eigenvalue weighted by molar-refractivity contribution is 5.91. The summed E-state index contributed by atoms with van der Waals surface area (Å²) in [6.07, 6.45) is 3.55. The van der Waals surface area contributed by atoms with Gasteiger partial charge in [-0.25, -0.2) is 9.78 Å². The van der Waals surface area contributed by atoms with E-state index in [1.165, 1.54) is 18.2 Å². The number of aromatic carboxylic acids is 1. The zero-order valence-corrected chi connectivity index (χ0v) is 10.5. The lowest BCUT2D eigenvalue weighted by atomic mass is 10.2. The Kier molecular flexibility index (Phi) is 3.70. The molecule has 1 aromatic heterocycles. The minimum atomic E-state index is -1.03. The summed E-state index contributed by atoms with van der Waals surface area (Å²) >= 11 is 0. The van der Waals surface area contributed by atoms with Gasteiger partial charge >= 0.3 is 5.97 Å². The number of rotatable bonds is 5. The van der Waals surface area contributed by atoms with E-state index in [2.05, 4.69) is 4.98 Å². The van der Waals surface area contributed by atoms with E-state index in [0.29, 0.717) is 18.8 Å². The van der Waals surface area contributed by atoms with Crippen molar-refractivity contribution in [2.24, 2.45) is 0 Å². The van der Waals surface area contributed by atoms with Crippen LogP contribution < -0.4 is 10.5 Å². The number of carboxylic acid groups (broad SMARTS) is 1. The Balaban J connectivity index is 2.05. The molecular formula is C13H15N3O3. The van der Waals surface area contributed by atoms with Gasteiger partial charge in [-0.15, -0.1) is 0 Å². The zero-order chi connectivity index (χ0) is 13.8. The summed E-state index contributed by atoms with van der Waals surface area (Å²) in [5.74, 6) is 0.133. The minimum absolute atomic E-state index is 0.108. The van der Waals surface area contributed by atoms with Gasteiger partial charge in [0.05, 0.1) is 6.54 Å². The van der Waals surface area contributed by atoms with E-state index in [4.69, 9.17) is 15.6 Å². The second-order valence-corrected chi connectivity index (χ2v) is 4.08. The lowest BCUT2D eigenvalue weighted by molar-refractivity contribution is 0.0692. The molecule has 0 bridgehead atoms. The molecule has 0 saturated heterocycles. The normalized spacial score (nSPS) is 10.4. The Bertz CT molecular complexity index is 593. The van der Waals surface area contributed by atoms with Crippen LogP contribution in [0.3, 0.4) is 0 Å². The number of aryl methyl sites for hydroxylation is 1. The highest BCUT2D eigenvalue weighted by atomic mass is 16.5. The molecule has 2 aromatic rings. The molecule has 2 rings (SSSR count). The third kappa shape index (κ3) is 3.04. The summed E-state index contributed by atoms with van der Waals surface area (Å²) in [7, 11) is 0. The molecule has 6 heteroatoms. The van der Waals surface area contributed by atoms with Crippen LogP contribution in [0.2, 0.25) is 0 Å². The Morgan fingerprint density at radius 1 is 1.53 bits per heavy atom. The van der Waals surface area contributed by atoms with Gasteiger partial charge < -0.3 is 20.1 Å². The molecule has 0 spiro atoms. The third-order valence-electron chi connectivity index (χ3n) is 2.75. The highest BCUT2D eigenvalue weighted by Crippen LogP contribution is 2.21. The number of carboxylic acids is 1. The number of anilines is 1. The molecule has 0 aliphatic carbocycles. The summed E-state index contributed by atoms with van der Waals surface area (Å²) in [6.45, 7) is 2.84. The van der Waals surface area contributed by atoms with Crippen molar-refractivity contribution in [3.05, 3.63) is 42.0 Å². The van der Waals surface area contributed by atoms with Crippen molar-refractivity contribution in [3.8, 4) is 5.75 Å². The Morgan fingerprint density at radius 2 is 2.32 bits per heavy atom. The smallest absolute Gasteiger partial charge is 0.339 e. The van der Waals surface area contributed by atoms with Crippen LogP contribution in [0.1, 0.15) is 16.2 Å². The number of hydrogen-bond donors (Lipinski definition) is 2. The van der Waals surface area contributed by atoms with Crippen LogP contribution in [-0.4, -0.2) is 27.2 Å². The van der Waals surface area contributed by atoms with E-state index in [0.717, 1.165) is 5.82 Å². The number of nitrogens with zero attached hydrogens (tertiary/aromatic N) is 2. The minimum Gasteiger partial charge on any atom is -0.491 e. The van der Waals surface area contributed by atoms with Gasteiger partial charge in [-0.05, 0) is 19.1 Å². The molecule has 6 nitrogen and oxygen atoms in total. The highest BCUT2D eigenvalue weighted by Gasteiger charge is 2.11. The van der Waals surface area contributed by atoms with Crippen LogP contribution in [0, 0.1) is 6.92 Å². The second kappa shape index (κ2) is 5.43. The summed E-state index contributed by atoms with van der Waals surface area (Å²) in [5, 5.41) is 9.05. The average Bonchev–Trinajstić information content (AvgIpc) is 2.75. The second-order valence-electron chi connectivity index (χ2n) is 4.08. The van der Waals surface area contributed by atoms with E-state index in [9.17, 15) is 4.79 Å². The largest absolute Gasteiger partial charge is 0.491 e. The maximum Gasteiger partial charge on any atom is 0.339 e. The molecule has 1 aromatic carbocycles. The molecule has 0 unspecified atom stereocenters. The lowest BCUT2D eigenvalue weighted by Crippen LogP contribution is -2.11. The first-order valence-electron chi connectivity index (χ1n) is 5.81. The number of aromatic nitrogens is 2. The quantitative estimate of drug-likeness (QED) is 0.797. The summed E-state index contributed by atoms with van der Waals surface area (Å²) in [5.41, 5.74) is 6.21. The van der Waals surface area contributed by atoms with E-state index in [1.54, 1.807) is 6.20 Å². The van der Waals surface area contributed by atoms with Crippen LogP contribution in [-0.2, 0) is 6.54 Å². The van der Waals surface area contributed by atoms with Gasteiger partial charge in [0.15, 0.2) is 0 Å². The predicted octanol–water partition coefficient (Wildman–Crippen LogP) is 1.55. The van der Waals surface area contributed by atoms with Gasteiger partial charge in [0.25, 0.3) is 0 Å². The van der Waals surface area contributed by atoms with Crippen molar-refractivity contribution in [1.29, 1.82) is 0 Å². The van der Waals surface area contributed by atoms with Crippen LogP contribution >= 0.6 is 0 Å². The van der Waals surface area contributed by atoms with Gasteiger partial charge in [-0.1, -0.05) is 0 Å². The number of benzene rings is 1. The number of nitrogen functional groups attached to an aromatic ring is 1. The van der Waals surface area contributed by atoms with E-state index >= 15 is 0 Å². The van der Waals surface area contributed by atoms with Crippen LogP contribution in [0.15, 0.2) is 30.6 Å². The zero-order valence-electron chi connectivity index (χ0n) is 10.5. The summed E-state index contributed by atoms with van der Waals surface area (Å²) in [6, 6.07) is 4.50. The van der Waals surface area contributed by atoms with Crippen LogP contribution in [0.5, 0.6) is 5.75 Å². The van der Waals surface area contributed by atoms with Crippen molar-refractivity contribution in [2.45, 2.75) is 13.5 Å². The van der Waals surface area contributed by atoms with Crippen molar-refractivity contribution in [2.75, 3.05) is 12.3 Å². The monoisotopic (exact) mass is 261 g/mol. The third-order valence-corrected chi connectivity index (χ3v) is 2.75. The number of nitrogens with two attached hydrogens (primary N) is 1. The van der Waals surface area contributed by atoms with Gasteiger partial charge in [0.1, 0.15) is 23.7 Å². The SMILES string of the molecule is Cc1nccn1CCOc1cc(N)ccc1C(=O)O. The molecule has 0 aliphatic rings. The standard InChI is InChI=1S/C13H15N3O3/c1-9-15-4-5-16(9)6-7-19-12-8-10(14)2-3-11(12)13(17)18/h2-5,8H,6-7,14H2,1H3,(H,17,18). The van der Waals surface area contributed by atoms with Crippen LogP contribution in [0.4, 0.5) is 5.69 Å². The van der Waals surface area contributed by atoms with E-state index < -0.39 is 5.97 Å². The van der Waals surface area contributed by atoms with Gasteiger partial charge in [-0.2, -0.15) is 0 Å². The number of ether oxygens (including phenoxy) is 1. The Hall–Kier alpha value is -2.50. The molecule has 0 amide bonds. The van der Waals surface area contributed by atoms with Gasteiger partial charge in [-0.3, -0.25) is 0 Å². The number of carbonyl (C=O) groups is 1. The molecule has 100 valence electrons. The average molecular weight is 261 g/mol. The fourth-order valence-corrected chi connectivity index (χ4v) is 1.73. The van der Waals surface area contributed by atoms with E-state index in [-0.39, 0.29) is 11.3 Å². The van der Waals surface area contributed by atoms with Crippen molar-refractivity contribution >= 4 is 11.7 Å². The Morgan fingerprint density at radius 3 is 2.95 bits per heavy atom. The molecule has 0 saturated carbocycles. The maximum absolute atomic E-state index is 11.0. The molecule has 0 radical (unpaired) electrons. The topological polar surface area (TPSA) is 90.4 Å². The van der Waals surface area contributed by atoms with E-state index in [1.807, 2.05) is 17.7 Å². The summed E-state index contributed by atoms with van der Waals surface area (Å²) in [4.78, 5) is 15.1. The lowest BCUT2D eigenvalue weighted by Gasteiger charge is -2.11. The van der Waals surface area contributed by atoms with Crippen molar-refractivity contribution in [1.82, 2.24) is 9.55 Å². The molecule has 0 fully saturated rings. The molecule has 3 N–H and O–H groups in total. The molecule has 1 heterocycles. The fraction of sp³-hybridized carbons (Fsp3) is 0.231. The molecule has 0 atom stereocenters. The van der Waals surface area contributed by atoms with Gasteiger partial charge in [0, 0.05) is 24.1 Å². The first kappa shape index (κ1) is 12.9. The molecule has 19 heavy (non-hydrogen) atoms. The predicted molar refractivity (Wildman–Crippen MR) is 70.3 cm³/mol. The van der Waals surface area contributed by atoms with Gasteiger partial charge in [0.2, 0.25) is 0 Å².